The van der Waals surface area contributed by atoms with E-state index in [-0.39, 0.29) is 11.4 Å². The van der Waals surface area contributed by atoms with Crippen molar-refractivity contribution >= 4 is 28.2 Å². The Morgan fingerprint density at radius 3 is 2.50 bits per heavy atom. The lowest BCUT2D eigenvalue weighted by Gasteiger charge is -2.12. The number of para-hydroxylation sites is 3. The van der Waals surface area contributed by atoms with Gasteiger partial charge in [0, 0.05) is 17.0 Å². The van der Waals surface area contributed by atoms with Gasteiger partial charge in [-0.25, -0.2) is 4.98 Å². The maximum atomic E-state index is 13.2. The number of pyridine rings is 1. The first kappa shape index (κ1) is 19.3. The fourth-order valence-electron chi connectivity index (χ4n) is 3.44. The summed E-state index contributed by atoms with van der Waals surface area (Å²) in [6.45, 7) is 4.00. The summed E-state index contributed by atoms with van der Waals surface area (Å²) in [5, 5.41) is 14.7. The summed E-state index contributed by atoms with van der Waals surface area (Å²) in [5.41, 5.74) is 4.87. The molecule has 0 saturated carbocycles. The second-order valence-corrected chi connectivity index (χ2v) is 7.12. The van der Waals surface area contributed by atoms with Gasteiger partial charge < -0.3 is 5.32 Å². The van der Waals surface area contributed by atoms with Gasteiger partial charge in [0.15, 0.2) is 0 Å². The molecule has 3 aromatic carbocycles. The Morgan fingerprint density at radius 2 is 1.70 bits per heavy atom. The van der Waals surface area contributed by atoms with Gasteiger partial charge >= 0.3 is 0 Å². The number of nitro groups is 1. The standard InChI is InChI=1S/C24H19N3O3/c1-15-11-12-16(2)18(13-15)22-14-19(17-7-3-4-8-20(17)25-22)24(28)26-21-9-5-6-10-23(21)27(29)30/h3-14H,1-2H3,(H,26,28). The van der Waals surface area contributed by atoms with Crippen LogP contribution in [0.1, 0.15) is 21.5 Å². The minimum Gasteiger partial charge on any atom is -0.316 e. The molecule has 1 aromatic heterocycles. The van der Waals surface area contributed by atoms with Crippen molar-refractivity contribution in [3.63, 3.8) is 0 Å². The van der Waals surface area contributed by atoms with E-state index in [0.29, 0.717) is 22.2 Å². The van der Waals surface area contributed by atoms with Crippen LogP contribution in [-0.4, -0.2) is 15.8 Å². The molecule has 0 aliphatic heterocycles. The molecule has 0 unspecified atom stereocenters. The number of nitrogens with zero attached hydrogens (tertiary/aromatic N) is 2. The lowest BCUT2D eigenvalue weighted by Crippen LogP contribution is -2.14. The summed E-state index contributed by atoms with van der Waals surface area (Å²) in [6, 6.07) is 21.3. The van der Waals surface area contributed by atoms with Gasteiger partial charge in [-0.05, 0) is 43.7 Å². The second-order valence-electron chi connectivity index (χ2n) is 7.12. The molecule has 0 bridgehead atoms. The van der Waals surface area contributed by atoms with E-state index >= 15 is 0 Å². The van der Waals surface area contributed by atoms with E-state index in [0.717, 1.165) is 16.7 Å². The largest absolute Gasteiger partial charge is 0.316 e. The Kier molecular flexibility index (Phi) is 4.98. The van der Waals surface area contributed by atoms with Gasteiger partial charge in [0.2, 0.25) is 0 Å². The molecule has 0 saturated heterocycles. The third-order valence-electron chi connectivity index (χ3n) is 4.98. The van der Waals surface area contributed by atoms with E-state index in [2.05, 4.69) is 5.32 Å². The summed E-state index contributed by atoms with van der Waals surface area (Å²) in [7, 11) is 0. The van der Waals surface area contributed by atoms with Crippen LogP contribution in [0.4, 0.5) is 11.4 Å². The minimum atomic E-state index is -0.512. The van der Waals surface area contributed by atoms with Gasteiger partial charge in [-0.15, -0.1) is 0 Å². The molecule has 1 amide bonds. The Morgan fingerprint density at radius 1 is 0.967 bits per heavy atom. The molecule has 0 atom stereocenters. The zero-order chi connectivity index (χ0) is 21.3. The molecule has 4 rings (SSSR count). The third kappa shape index (κ3) is 3.63. The van der Waals surface area contributed by atoms with Crippen LogP contribution >= 0.6 is 0 Å². The van der Waals surface area contributed by atoms with Gasteiger partial charge in [0.25, 0.3) is 11.6 Å². The van der Waals surface area contributed by atoms with Crippen molar-refractivity contribution in [2.75, 3.05) is 5.32 Å². The first-order valence-corrected chi connectivity index (χ1v) is 9.46. The van der Waals surface area contributed by atoms with Crippen molar-refractivity contribution in [2.24, 2.45) is 0 Å². The molecule has 148 valence electrons. The maximum absolute atomic E-state index is 13.2. The summed E-state index contributed by atoms with van der Waals surface area (Å²) < 4.78 is 0. The predicted octanol–water partition coefficient (Wildman–Crippen LogP) is 5.68. The monoisotopic (exact) mass is 397 g/mol. The molecule has 0 fully saturated rings. The number of carbonyl (C=O) groups excluding carboxylic acids is 1. The first-order chi connectivity index (χ1) is 14.4. The number of fused-ring (bicyclic) bond motifs is 1. The number of nitro benzene ring substituents is 1. The predicted molar refractivity (Wildman–Crippen MR) is 118 cm³/mol. The van der Waals surface area contributed by atoms with E-state index in [9.17, 15) is 14.9 Å². The second kappa shape index (κ2) is 7.75. The lowest BCUT2D eigenvalue weighted by atomic mass is 9.99. The smallest absolute Gasteiger partial charge is 0.292 e. The molecule has 0 aliphatic carbocycles. The average Bonchev–Trinajstić information content (AvgIpc) is 2.74. The van der Waals surface area contributed by atoms with Crippen molar-refractivity contribution < 1.29 is 9.72 Å². The van der Waals surface area contributed by atoms with Gasteiger partial charge in [-0.2, -0.15) is 0 Å². The first-order valence-electron chi connectivity index (χ1n) is 9.46. The molecule has 0 radical (unpaired) electrons. The molecule has 30 heavy (non-hydrogen) atoms. The number of carbonyl (C=O) groups is 1. The van der Waals surface area contributed by atoms with Crippen LogP contribution in [0.15, 0.2) is 72.8 Å². The number of anilines is 1. The van der Waals surface area contributed by atoms with Crippen LogP contribution in [0.3, 0.4) is 0 Å². The van der Waals surface area contributed by atoms with E-state index in [1.807, 2.05) is 56.3 Å². The Hall–Kier alpha value is -4.06. The topological polar surface area (TPSA) is 85.1 Å². The van der Waals surface area contributed by atoms with Crippen molar-refractivity contribution in [1.82, 2.24) is 4.98 Å². The Labute approximate surface area is 173 Å². The molecule has 0 aliphatic rings. The maximum Gasteiger partial charge on any atom is 0.292 e. The van der Waals surface area contributed by atoms with Crippen molar-refractivity contribution in [3.05, 3.63) is 99.6 Å². The highest BCUT2D eigenvalue weighted by Gasteiger charge is 2.19. The van der Waals surface area contributed by atoms with E-state index in [1.54, 1.807) is 18.2 Å². The van der Waals surface area contributed by atoms with Crippen LogP contribution in [0.25, 0.3) is 22.2 Å². The van der Waals surface area contributed by atoms with Crippen molar-refractivity contribution in [2.45, 2.75) is 13.8 Å². The number of aryl methyl sites for hydroxylation is 2. The fraction of sp³-hybridized carbons (Fsp3) is 0.0833. The number of aromatic nitrogens is 1. The molecule has 6 heteroatoms. The summed E-state index contributed by atoms with van der Waals surface area (Å²) >= 11 is 0. The lowest BCUT2D eigenvalue weighted by molar-refractivity contribution is -0.383. The fourth-order valence-corrected chi connectivity index (χ4v) is 3.44. The molecule has 0 spiro atoms. The molecular weight excluding hydrogens is 378 g/mol. The SMILES string of the molecule is Cc1ccc(C)c(-c2cc(C(=O)Nc3ccccc3[N+](=O)[O-])c3ccccc3n2)c1. The summed E-state index contributed by atoms with van der Waals surface area (Å²) in [6.07, 6.45) is 0. The highest BCUT2D eigenvalue weighted by atomic mass is 16.6. The summed E-state index contributed by atoms with van der Waals surface area (Å²) in [5.74, 6) is -0.422. The molecule has 6 nitrogen and oxygen atoms in total. The number of hydrogen-bond acceptors (Lipinski definition) is 4. The van der Waals surface area contributed by atoms with E-state index in [1.165, 1.54) is 12.1 Å². The minimum absolute atomic E-state index is 0.154. The van der Waals surface area contributed by atoms with Gasteiger partial charge in [0.1, 0.15) is 5.69 Å². The Balaban J connectivity index is 1.85. The number of rotatable bonds is 4. The molecule has 1 heterocycles. The Bertz CT molecular complexity index is 1300. The number of benzene rings is 3. The van der Waals surface area contributed by atoms with Crippen LogP contribution in [0.5, 0.6) is 0 Å². The quantitative estimate of drug-likeness (QED) is 0.355. The van der Waals surface area contributed by atoms with Crippen LogP contribution in [-0.2, 0) is 0 Å². The van der Waals surface area contributed by atoms with Gasteiger partial charge in [-0.1, -0.05) is 48.0 Å². The van der Waals surface area contributed by atoms with Crippen LogP contribution < -0.4 is 5.32 Å². The zero-order valence-corrected chi connectivity index (χ0v) is 16.5. The number of hydrogen-bond donors (Lipinski definition) is 1. The van der Waals surface area contributed by atoms with Crippen molar-refractivity contribution in [3.8, 4) is 11.3 Å². The highest BCUT2D eigenvalue weighted by Crippen LogP contribution is 2.29. The molecular formula is C24H19N3O3. The number of nitrogens with one attached hydrogen (secondary N) is 1. The zero-order valence-electron chi connectivity index (χ0n) is 16.5. The van der Waals surface area contributed by atoms with E-state index < -0.39 is 10.8 Å². The van der Waals surface area contributed by atoms with Gasteiger partial charge in [0.05, 0.1) is 21.7 Å². The number of amides is 1. The average molecular weight is 397 g/mol. The normalized spacial score (nSPS) is 10.7. The van der Waals surface area contributed by atoms with Crippen molar-refractivity contribution in [1.29, 1.82) is 0 Å². The highest BCUT2D eigenvalue weighted by molar-refractivity contribution is 6.13. The molecule has 1 N–H and O–H groups in total. The van der Waals surface area contributed by atoms with Gasteiger partial charge in [-0.3, -0.25) is 14.9 Å². The molecule has 4 aromatic rings. The van der Waals surface area contributed by atoms with Crippen LogP contribution in [0, 0.1) is 24.0 Å². The van der Waals surface area contributed by atoms with E-state index in [4.69, 9.17) is 4.98 Å². The van der Waals surface area contributed by atoms with Crippen LogP contribution in [0.2, 0.25) is 0 Å². The third-order valence-corrected chi connectivity index (χ3v) is 4.98. The summed E-state index contributed by atoms with van der Waals surface area (Å²) in [4.78, 5) is 28.7.